The van der Waals surface area contributed by atoms with E-state index in [-0.39, 0.29) is 6.04 Å². The fourth-order valence-electron chi connectivity index (χ4n) is 2.36. The zero-order valence-corrected chi connectivity index (χ0v) is 12.6. The van der Waals surface area contributed by atoms with Crippen LogP contribution in [0.1, 0.15) is 22.7 Å². The van der Waals surface area contributed by atoms with Crippen LogP contribution in [0.2, 0.25) is 5.02 Å². The van der Waals surface area contributed by atoms with Gasteiger partial charge in [0, 0.05) is 36.5 Å². The van der Waals surface area contributed by atoms with Crippen LogP contribution < -0.4 is 5.73 Å². The monoisotopic (exact) mass is 289 g/mol. The van der Waals surface area contributed by atoms with E-state index in [1.165, 1.54) is 16.7 Å². The average Bonchev–Trinajstić information content (AvgIpc) is 2.44. The van der Waals surface area contributed by atoms with Gasteiger partial charge in [-0.25, -0.2) is 0 Å². The molecule has 2 N–H and O–H groups in total. The molecule has 2 aromatic rings. The summed E-state index contributed by atoms with van der Waals surface area (Å²) in [6.07, 6.45) is 3.72. The highest BCUT2D eigenvalue weighted by Crippen LogP contribution is 2.23. The Balaban J connectivity index is 2.15. The molecular formula is C16H20ClN3. The maximum absolute atomic E-state index is 5.96. The molecule has 3 nitrogen and oxygen atoms in total. The number of hydrogen-bond acceptors (Lipinski definition) is 3. The maximum Gasteiger partial charge on any atom is 0.0488 e. The summed E-state index contributed by atoms with van der Waals surface area (Å²) in [5.41, 5.74) is 9.59. The summed E-state index contributed by atoms with van der Waals surface area (Å²) >= 11 is 5.91. The number of likely N-dealkylation sites (N-methyl/N-ethyl adjacent to an activating group) is 1. The minimum Gasteiger partial charge on any atom is -0.329 e. The number of nitrogens with two attached hydrogens (primary N) is 1. The van der Waals surface area contributed by atoms with Crippen molar-refractivity contribution in [3.8, 4) is 0 Å². The van der Waals surface area contributed by atoms with E-state index in [1.54, 1.807) is 0 Å². The molecule has 4 heteroatoms. The van der Waals surface area contributed by atoms with Crippen LogP contribution >= 0.6 is 11.6 Å². The van der Waals surface area contributed by atoms with Gasteiger partial charge in [-0.05, 0) is 48.9 Å². The summed E-state index contributed by atoms with van der Waals surface area (Å²) in [5, 5.41) is 0.759. The summed E-state index contributed by atoms with van der Waals surface area (Å²) in [4.78, 5) is 6.46. The van der Waals surface area contributed by atoms with Gasteiger partial charge >= 0.3 is 0 Å². The van der Waals surface area contributed by atoms with Crippen molar-refractivity contribution < 1.29 is 0 Å². The van der Waals surface area contributed by atoms with Gasteiger partial charge in [-0.1, -0.05) is 23.7 Å². The standard InChI is InChI=1S/C16H20ClN3/c1-12-7-8-19-10-15(12)16(9-18)20(2)11-13-3-5-14(17)6-4-13/h3-8,10,16H,9,11,18H2,1-2H3. The van der Waals surface area contributed by atoms with Crippen molar-refractivity contribution in [1.82, 2.24) is 9.88 Å². The Bertz CT molecular complexity index is 554. The number of pyridine rings is 1. The van der Waals surface area contributed by atoms with Gasteiger partial charge in [0.25, 0.3) is 0 Å². The molecular weight excluding hydrogens is 270 g/mol. The molecule has 0 fully saturated rings. The summed E-state index contributed by atoms with van der Waals surface area (Å²) in [6.45, 7) is 3.49. The third-order valence-electron chi connectivity index (χ3n) is 3.54. The Morgan fingerprint density at radius 3 is 2.55 bits per heavy atom. The summed E-state index contributed by atoms with van der Waals surface area (Å²) in [7, 11) is 2.08. The largest absolute Gasteiger partial charge is 0.329 e. The summed E-state index contributed by atoms with van der Waals surface area (Å²) in [6, 6.07) is 10.1. The Morgan fingerprint density at radius 1 is 1.25 bits per heavy atom. The summed E-state index contributed by atoms with van der Waals surface area (Å²) in [5.74, 6) is 0. The zero-order valence-electron chi connectivity index (χ0n) is 11.9. The molecule has 0 aliphatic heterocycles. The average molecular weight is 290 g/mol. The third-order valence-corrected chi connectivity index (χ3v) is 3.79. The number of halogens is 1. The topological polar surface area (TPSA) is 42.1 Å². The predicted octanol–water partition coefficient (Wildman–Crippen LogP) is 3.18. The highest BCUT2D eigenvalue weighted by Gasteiger charge is 2.17. The van der Waals surface area contributed by atoms with Gasteiger partial charge in [-0.15, -0.1) is 0 Å². The number of nitrogens with zero attached hydrogens (tertiary/aromatic N) is 2. The molecule has 20 heavy (non-hydrogen) atoms. The number of aryl methyl sites for hydroxylation is 1. The van der Waals surface area contributed by atoms with Crippen LogP contribution in [0, 0.1) is 6.92 Å². The van der Waals surface area contributed by atoms with Gasteiger partial charge in [-0.3, -0.25) is 9.88 Å². The molecule has 106 valence electrons. The first-order valence-corrected chi connectivity index (χ1v) is 7.05. The normalized spacial score (nSPS) is 12.7. The van der Waals surface area contributed by atoms with Crippen molar-refractivity contribution in [3.63, 3.8) is 0 Å². The number of aromatic nitrogens is 1. The molecule has 0 aliphatic rings. The Labute approximate surface area is 125 Å². The lowest BCUT2D eigenvalue weighted by Crippen LogP contribution is -2.30. The van der Waals surface area contributed by atoms with E-state index < -0.39 is 0 Å². The SMILES string of the molecule is Cc1ccncc1C(CN)N(C)Cc1ccc(Cl)cc1. The second-order valence-electron chi connectivity index (χ2n) is 5.03. The lowest BCUT2D eigenvalue weighted by atomic mass is 10.0. The minimum absolute atomic E-state index is 0.166. The molecule has 1 heterocycles. The van der Waals surface area contributed by atoms with Crippen LogP contribution in [0.25, 0.3) is 0 Å². The molecule has 0 saturated heterocycles. The van der Waals surface area contributed by atoms with Crippen LogP contribution in [-0.2, 0) is 6.54 Å². The highest BCUT2D eigenvalue weighted by atomic mass is 35.5. The zero-order chi connectivity index (χ0) is 14.5. The van der Waals surface area contributed by atoms with Crippen molar-refractivity contribution in [2.45, 2.75) is 19.5 Å². The summed E-state index contributed by atoms with van der Waals surface area (Å²) < 4.78 is 0. The van der Waals surface area contributed by atoms with Crippen molar-refractivity contribution in [1.29, 1.82) is 0 Å². The van der Waals surface area contributed by atoms with Gasteiger partial charge in [0.2, 0.25) is 0 Å². The van der Waals surface area contributed by atoms with E-state index in [4.69, 9.17) is 17.3 Å². The number of benzene rings is 1. The Kier molecular flexibility index (Phi) is 5.12. The molecule has 0 aliphatic carbocycles. The minimum atomic E-state index is 0.166. The van der Waals surface area contributed by atoms with Crippen molar-refractivity contribution in [2.24, 2.45) is 5.73 Å². The maximum atomic E-state index is 5.96. The number of rotatable bonds is 5. The molecule has 0 amide bonds. The second kappa shape index (κ2) is 6.84. The molecule has 0 saturated carbocycles. The Hall–Kier alpha value is -1.42. The third kappa shape index (κ3) is 3.57. The van der Waals surface area contributed by atoms with Crippen LogP contribution in [0.4, 0.5) is 0 Å². The van der Waals surface area contributed by atoms with Gasteiger partial charge < -0.3 is 5.73 Å². The van der Waals surface area contributed by atoms with Crippen LogP contribution in [0.3, 0.4) is 0 Å². The fourth-order valence-corrected chi connectivity index (χ4v) is 2.48. The highest BCUT2D eigenvalue weighted by molar-refractivity contribution is 6.30. The van der Waals surface area contributed by atoms with Gasteiger partial charge in [0.1, 0.15) is 0 Å². The van der Waals surface area contributed by atoms with E-state index in [9.17, 15) is 0 Å². The molecule has 1 aromatic heterocycles. The molecule has 0 bridgehead atoms. The van der Waals surface area contributed by atoms with Crippen molar-refractivity contribution in [2.75, 3.05) is 13.6 Å². The van der Waals surface area contributed by atoms with Crippen LogP contribution in [0.15, 0.2) is 42.7 Å². The predicted molar refractivity (Wildman–Crippen MR) is 83.7 cm³/mol. The molecule has 0 spiro atoms. The second-order valence-corrected chi connectivity index (χ2v) is 5.46. The van der Waals surface area contributed by atoms with Crippen LogP contribution in [0.5, 0.6) is 0 Å². The lowest BCUT2D eigenvalue weighted by molar-refractivity contribution is 0.240. The van der Waals surface area contributed by atoms with Gasteiger partial charge in [0.15, 0.2) is 0 Å². The smallest absolute Gasteiger partial charge is 0.0488 e. The first-order valence-electron chi connectivity index (χ1n) is 6.67. The quantitative estimate of drug-likeness (QED) is 0.919. The van der Waals surface area contributed by atoms with E-state index in [0.29, 0.717) is 6.54 Å². The molecule has 2 rings (SSSR count). The van der Waals surface area contributed by atoms with Gasteiger partial charge in [0.05, 0.1) is 0 Å². The van der Waals surface area contributed by atoms with Gasteiger partial charge in [-0.2, -0.15) is 0 Å². The fraction of sp³-hybridized carbons (Fsp3) is 0.312. The van der Waals surface area contributed by atoms with E-state index >= 15 is 0 Å². The van der Waals surface area contributed by atoms with E-state index in [1.807, 2.05) is 42.7 Å². The lowest BCUT2D eigenvalue weighted by Gasteiger charge is -2.28. The molecule has 1 unspecified atom stereocenters. The molecule has 0 radical (unpaired) electrons. The van der Waals surface area contributed by atoms with Crippen molar-refractivity contribution >= 4 is 11.6 Å². The molecule has 1 atom stereocenters. The first kappa shape index (κ1) is 15.0. The van der Waals surface area contributed by atoms with Crippen LogP contribution in [-0.4, -0.2) is 23.5 Å². The van der Waals surface area contributed by atoms with E-state index in [2.05, 4.69) is 23.9 Å². The first-order chi connectivity index (χ1) is 9.61. The van der Waals surface area contributed by atoms with Crippen molar-refractivity contribution in [3.05, 3.63) is 64.4 Å². The molecule has 1 aromatic carbocycles. The number of hydrogen-bond donors (Lipinski definition) is 1. The van der Waals surface area contributed by atoms with E-state index in [0.717, 1.165) is 11.6 Å². The Morgan fingerprint density at radius 2 is 1.95 bits per heavy atom.